The van der Waals surface area contributed by atoms with Crippen molar-refractivity contribution in [3.8, 4) is 5.75 Å². The van der Waals surface area contributed by atoms with E-state index in [-0.39, 0.29) is 28.2 Å². The summed E-state index contributed by atoms with van der Waals surface area (Å²) in [6, 6.07) is 4.70. The maximum Gasteiger partial charge on any atom is 0.322 e. The minimum atomic E-state index is -1.23. The molecule has 0 atom stereocenters. The van der Waals surface area contributed by atoms with Gasteiger partial charge in [-0.1, -0.05) is 12.1 Å². The van der Waals surface area contributed by atoms with E-state index in [1.54, 1.807) is 18.2 Å². The molecule has 0 aliphatic heterocycles. The van der Waals surface area contributed by atoms with Crippen LogP contribution in [0, 0.1) is 0 Å². The molecule has 2 amide bonds. The second kappa shape index (κ2) is 6.80. The Morgan fingerprint density at radius 3 is 2.54 bits per heavy atom. The van der Waals surface area contributed by atoms with Crippen molar-refractivity contribution in [1.82, 2.24) is 25.2 Å². The Morgan fingerprint density at radius 2 is 1.89 bits per heavy atom. The van der Waals surface area contributed by atoms with Crippen LogP contribution in [0.3, 0.4) is 0 Å². The lowest BCUT2D eigenvalue weighted by atomic mass is 10.0. The number of fused-ring (bicyclic) bond motifs is 3. The molecular weight excluding hydrogens is 366 g/mol. The molecule has 28 heavy (non-hydrogen) atoms. The maximum atomic E-state index is 12.8. The number of carboxylic acid groups (broad SMARTS) is 1. The lowest BCUT2D eigenvalue weighted by Crippen LogP contribution is -2.40. The third-order valence-corrected chi connectivity index (χ3v) is 3.88. The van der Waals surface area contributed by atoms with E-state index in [0.29, 0.717) is 5.39 Å². The number of amides is 2. The standard InChI is InChI=1S/C18H19N5O5/c1-18(2,3)22-16(27)10-6-4-5-9-12(10)15-20-8-21-23(15)13(14(9)26)17(28)19-7-11(24)25/h4-6,8,26H,7H2,1-3H3,(H,19,28)(H,22,27)(H,24,25). The molecule has 0 radical (unpaired) electrons. The molecule has 0 fully saturated rings. The quantitative estimate of drug-likeness (QED) is 0.522. The number of hydrogen-bond acceptors (Lipinski definition) is 6. The Hall–Kier alpha value is -3.69. The lowest BCUT2D eigenvalue weighted by Gasteiger charge is -2.21. The summed E-state index contributed by atoms with van der Waals surface area (Å²) in [5, 5.41) is 29.0. The maximum absolute atomic E-state index is 12.8. The molecule has 4 N–H and O–H groups in total. The normalized spacial score (nSPS) is 11.5. The van der Waals surface area contributed by atoms with Gasteiger partial charge < -0.3 is 20.8 Å². The first kappa shape index (κ1) is 19.1. The first-order chi connectivity index (χ1) is 13.1. The Kier molecular flexibility index (Phi) is 4.63. The summed E-state index contributed by atoms with van der Waals surface area (Å²) in [5.41, 5.74) is -0.303. The number of nitrogens with zero attached hydrogens (tertiary/aromatic N) is 3. The predicted octanol–water partition coefficient (Wildman–Crippen LogP) is 0.931. The number of aromatic nitrogens is 3. The van der Waals surface area contributed by atoms with Crippen LogP contribution in [-0.4, -0.2) is 54.7 Å². The largest absolute Gasteiger partial charge is 0.505 e. The van der Waals surface area contributed by atoms with Crippen molar-refractivity contribution in [1.29, 1.82) is 0 Å². The molecular formula is C18H19N5O5. The molecule has 2 heterocycles. The molecule has 0 aliphatic rings. The van der Waals surface area contributed by atoms with Crippen LogP contribution in [0.15, 0.2) is 24.5 Å². The lowest BCUT2D eigenvalue weighted by molar-refractivity contribution is -0.135. The van der Waals surface area contributed by atoms with Crippen LogP contribution in [0.4, 0.5) is 0 Å². The van der Waals surface area contributed by atoms with Crippen LogP contribution in [0.25, 0.3) is 16.4 Å². The summed E-state index contributed by atoms with van der Waals surface area (Å²) in [4.78, 5) is 40.0. The van der Waals surface area contributed by atoms with E-state index in [2.05, 4.69) is 20.7 Å². The third kappa shape index (κ3) is 3.43. The Labute approximate surface area is 159 Å². The van der Waals surface area contributed by atoms with Gasteiger partial charge in [-0.05, 0) is 26.8 Å². The van der Waals surface area contributed by atoms with Crippen LogP contribution in [0.5, 0.6) is 5.75 Å². The fraction of sp³-hybridized carbons (Fsp3) is 0.278. The van der Waals surface area contributed by atoms with Gasteiger partial charge in [0.15, 0.2) is 17.1 Å². The highest BCUT2D eigenvalue weighted by molar-refractivity contribution is 6.15. The van der Waals surface area contributed by atoms with Gasteiger partial charge in [-0.15, -0.1) is 0 Å². The summed E-state index contributed by atoms with van der Waals surface area (Å²) in [6.45, 7) is 4.89. The van der Waals surface area contributed by atoms with Crippen LogP contribution >= 0.6 is 0 Å². The number of rotatable bonds is 4. The zero-order valence-electron chi connectivity index (χ0n) is 15.5. The fourth-order valence-corrected chi connectivity index (χ4v) is 2.83. The minimum absolute atomic E-state index is 0.188. The summed E-state index contributed by atoms with van der Waals surface area (Å²) >= 11 is 0. The highest BCUT2D eigenvalue weighted by Crippen LogP contribution is 2.33. The van der Waals surface area contributed by atoms with Gasteiger partial charge in [-0.2, -0.15) is 5.10 Å². The van der Waals surface area contributed by atoms with Crippen molar-refractivity contribution in [2.75, 3.05) is 6.54 Å². The average molecular weight is 385 g/mol. The first-order valence-electron chi connectivity index (χ1n) is 8.40. The van der Waals surface area contributed by atoms with Crippen molar-refractivity contribution in [3.05, 3.63) is 35.8 Å². The molecule has 1 aromatic carbocycles. The Bertz CT molecular complexity index is 1110. The summed E-state index contributed by atoms with van der Waals surface area (Å²) in [5.74, 6) is -2.86. The van der Waals surface area contributed by atoms with Crippen molar-refractivity contribution in [3.63, 3.8) is 0 Å². The number of nitrogens with one attached hydrogen (secondary N) is 2. The topological polar surface area (TPSA) is 146 Å². The van der Waals surface area contributed by atoms with E-state index in [0.717, 1.165) is 4.52 Å². The number of carboxylic acids is 1. The fourth-order valence-electron chi connectivity index (χ4n) is 2.83. The van der Waals surface area contributed by atoms with E-state index in [1.165, 1.54) is 6.33 Å². The number of carbonyl (C=O) groups is 3. The van der Waals surface area contributed by atoms with Crippen LogP contribution in [-0.2, 0) is 4.79 Å². The van der Waals surface area contributed by atoms with Gasteiger partial charge in [-0.3, -0.25) is 14.4 Å². The summed E-state index contributed by atoms with van der Waals surface area (Å²) in [7, 11) is 0. The molecule has 0 spiro atoms. The Balaban J connectivity index is 2.24. The number of hydrogen-bond donors (Lipinski definition) is 4. The SMILES string of the molecule is CC(C)(C)NC(=O)c1cccc2c(O)c(C(=O)NCC(=O)O)n3ncnc3c12. The first-order valence-corrected chi connectivity index (χ1v) is 8.40. The monoisotopic (exact) mass is 385 g/mol. The zero-order chi connectivity index (χ0) is 20.6. The van der Waals surface area contributed by atoms with Crippen molar-refractivity contribution in [2.45, 2.75) is 26.3 Å². The molecule has 146 valence electrons. The van der Waals surface area contributed by atoms with E-state index < -0.39 is 29.7 Å². The molecule has 0 bridgehead atoms. The van der Waals surface area contributed by atoms with Gasteiger partial charge >= 0.3 is 5.97 Å². The molecule has 10 nitrogen and oxygen atoms in total. The second-order valence-corrected chi connectivity index (χ2v) is 7.20. The number of aliphatic carboxylic acids is 1. The molecule has 0 saturated carbocycles. The molecule has 0 aliphatic carbocycles. The Morgan fingerprint density at radius 1 is 1.18 bits per heavy atom. The molecule has 0 saturated heterocycles. The minimum Gasteiger partial charge on any atom is -0.505 e. The van der Waals surface area contributed by atoms with Crippen LogP contribution in [0.2, 0.25) is 0 Å². The van der Waals surface area contributed by atoms with Gasteiger partial charge in [0.05, 0.1) is 5.56 Å². The third-order valence-electron chi connectivity index (χ3n) is 3.88. The van der Waals surface area contributed by atoms with E-state index in [1.807, 2.05) is 20.8 Å². The number of pyridine rings is 1. The number of aromatic hydroxyl groups is 1. The van der Waals surface area contributed by atoms with Gasteiger partial charge in [0.2, 0.25) is 0 Å². The van der Waals surface area contributed by atoms with Crippen LogP contribution in [0.1, 0.15) is 41.6 Å². The molecule has 10 heteroatoms. The average Bonchev–Trinajstić information content (AvgIpc) is 3.07. The number of carbonyl (C=O) groups excluding carboxylic acids is 2. The summed E-state index contributed by atoms with van der Waals surface area (Å²) in [6.07, 6.45) is 1.18. The highest BCUT2D eigenvalue weighted by atomic mass is 16.4. The highest BCUT2D eigenvalue weighted by Gasteiger charge is 2.25. The van der Waals surface area contributed by atoms with Crippen molar-refractivity contribution < 1.29 is 24.6 Å². The smallest absolute Gasteiger partial charge is 0.322 e. The van der Waals surface area contributed by atoms with Crippen molar-refractivity contribution >= 4 is 34.2 Å². The predicted molar refractivity (Wildman–Crippen MR) is 99.3 cm³/mol. The summed E-state index contributed by atoms with van der Waals surface area (Å²) < 4.78 is 1.09. The zero-order valence-corrected chi connectivity index (χ0v) is 15.5. The van der Waals surface area contributed by atoms with Gasteiger partial charge in [0.1, 0.15) is 12.9 Å². The van der Waals surface area contributed by atoms with E-state index >= 15 is 0 Å². The molecule has 3 rings (SSSR count). The van der Waals surface area contributed by atoms with Crippen molar-refractivity contribution in [2.24, 2.45) is 0 Å². The van der Waals surface area contributed by atoms with Gasteiger partial charge in [-0.25, -0.2) is 9.50 Å². The molecule has 3 aromatic rings. The van der Waals surface area contributed by atoms with Crippen LogP contribution < -0.4 is 10.6 Å². The van der Waals surface area contributed by atoms with E-state index in [9.17, 15) is 19.5 Å². The van der Waals surface area contributed by atoms with Gasteiger partial charge in [0.25, 0.3) is 11.8 Å². The van der Waals surface area contributed by atoms with Gasteiger partial charge in [0, 0.05) is 16.3 Å². The second-order valence-electron chi connectivity index (χ2n) is 7.20. The number of benzene rings is 1. The molecule has 2 aromatic heterocycles. The molecule has 0 unspecified atom stereocenters. The van der Waals surface area contributed by atoms with E-state index in [4.69, 9.17) is 5.11 Å².